The maximum Gasteiger partial charge on any atom is 0.234 e. The molecule has 1 aromatic carbocycles. The molecular formula is C24H31ClN4O. The fraction of sp³-hybridized carbons (Fsp3) is 0.500. The van der Waals surface area contributed by atoms with Crippen molar-refractivity contribution in [2.75, 3.05) is 28.7 Å². The number of nitrogens with one attached hydrogen (secondary N) is 1. The summed E-state index contributed by atoms with van der Waals surface area (Å²) < 4.78 is 0. The highest BCUT2D eigenvalue weighted by Gasteiger charge is 2.40. The summed E-state index contributed by atoms with van der Waals surface area (Å²) in [5.74, 6) is 0.959. The Bertz CT molecular complexity index is 921. The monoisotopic (exact) mass is 426 g/mol. The highest BCUT2D eigenvalue weighted by atomic mass is 35.5. The molecule has 5 nitrogen and oxygen atoms in total. The van der Waals surface area contributed by atoms with Crippen molar-refractivity contribution >= 4 is 34.7 Å². The Hall–Kier alpha value is -2.27. The van der Waals surface area contributed by atoms with Gasteiger partial charge in [-0.15, -0.1) is 0 Å². The number of rotatable bonds is 4. The normalized spacial score (nSPS) is 20.1. The van der Waals surface area contributed by atoms with E-state index in [1.807, 2.05) is 37.5 Å². The van der Waals surface area contributed by atoms with Crippen LogP contribution in [-0.2, 0) is 4.79 Å². The van der Waals surface area contributed by atoms with E-state index in [0.29, 0.717) is 6.04 Å². The molecule has 1 amide bonds. The van der Waals surface area contributed by atoms with Crippen LogP contribution in [0.3, 0.4) is 0 Å². The van der Waals surface area contributed by atoms with Crippen LogP contribution >= 0.6 is 11.6 Å². The Kier molecular flexibility index (Phi) is 5.67. The first-order valence-corrected chi connectivity index (χ1v) is 11.2. The molecule has 1 unspecified atom stereocenters. The lowest BCUT2D eigenvalue weighted by Crippen LogP contribution is -2.45. The van der Waals surface area contributed by atoms with Crippen LogP contribution in [0.1, 0.15) is 58.1 Å². The van der Waals surface area contributed by atoms with Crippen LogP contribution in [0.2, 0.25) is 5.02 Å². The van der Waals surface area contributed by atoms with E-state index in [1.165, 1.54) is 25.7 Å². The maximum atomic E-state index is 13.1. The van der Waals surface area contributed by atoms with Gasteiger partial charge in [-0.3, -0.25) is 4.79 Å². The number of carbonyl (C=O) groups excluding carboxylic acids is 1. The molecule has 6 heteroatoms. The first kappa shape index (κ1) is 21.0. The molecule has 0 bridgehead atoms. The van der Waals surface area contributed by atoms with Crippen molar-refractivity contribution < 1.29 is 4.79 Å². The van der Waals surface area contributed by atoms with Gasteiger partial charge in [-0.05, 0) is 51.3 Å². The van der Waals surface area contributed by atoms with Crippen molar-refractivity contribution in [2.45, 2.75) is 58.5 Å². The zero-order valence-electron chi connectivity index (χ0n) is 18.3. The van der Waals surface area contributed by atoms with Gasteiger partial charge in [0.05, 0.1) is 23.0 Å². The lowest BCUT2D eigenvalue weighted by atomic mass is 9.90. The largest absolute Gasteiger partial charge is 0.366 e. The van der Waals surface area contributed by atoms with Gasteiger partial charge in [0.2, 0.25) is 5.91 Å². The number of hydrogen-bond donors (Lipinski definition) is 1. The molecule has 0 saturated heterocycles. The number of anilines is 3. The van der Waals surface area contributed by atoms with Gasteiger partial charge < -0.3 is 15.1 Å². The fourth-order valence-corrected chi connectivity index (χ4v) is 4.87. The van der Waals surface area contributed by atoms with Crippen molar-refractivity contribution in [1.82, 2.24) is 4.98 Å². The molecule has 160 valence electrons. The molecule has 30 heavy (non-hydrogen) atoms. The zero-order chi connectivity index (χ0) is 21.5. The van der Waals surface area contributed by atoms with Gasteiger partial charge in [-0.1, -0.05) is 36.6 Å². The second kappa shape index (κ2) is 8.10. The van der Waals surface area contributed by atoms with Gasteiger partial charge in [0.25, 0.3) is 0 Å². The van der Waals surface area contributed by atoms with Gasteiger partial charge in [-0.2, -0.15) is 0 Å². The molecule has 2 heterocycles. The van der Waals surface area contributed by atoms with Crippen LogP contribution in [0.15, 0.2) is 36.5 Å². The number of aromatic nitrogens is 1. The number of fused-ring (bicyclic) bond motifs is 1. The van der Waals surface area contributed by atoms with Crippen molar-refractivity contribution in [1.29, 1.82) is 0 Å². The number of amides is 1. The third-order valence-electron chi connectivity index (χ3n) is 6.48. The molecule has 1 fully saturated rings. The number of benzene rings is 1. The zero-order valence-corrected chi connectivity index (χ0v) is 19.0. The van der Waals surface area contributed by atoms with Gasteiger partial charge in [0, 0.05) is 36.8 Å². The minimum Gasteiger partial charge on any atom is -0.366 e. The number of carbonyl (C=O) groups is 1. The standard InChI is InChI=1S/C24H31ClN4O/c1-16(17-9-11-18(25)12-10-17)27-22-13-20-21(14-26-22)28(4)23(30)24(2,3)15-29(20)19-7-5-6-8-19/h9-14,16,19H,5-8,15H2,1-4H3,(H,26,27). The Balaban J connectivity index is 1.68. The summed E-state index contributed by atoms with van der Waals surface area (Å²) in [5, 5.41) is 4.25. The van der Waals surface area contributed by atoms with Crippen LogP contribution in [0.5, 0.6) is 0 Å². The molecule has 0 spiro atoms. The molecule has 1 N–H and O–H groups in total. The second-order valence-corrected chi connectivity index (χ2v) is 9.73. The highest BCUT2D eigenvalue weighted by molar-refractivity contribution is 6.30. The lowest BCUT2D eigenvalue weighted by Gasteiger charge is -2.35. The first-order valence-electron chi connectivity index (χ1n) is 10.8. The summed E-state index contributed by atoms with van der Waals surface area (Å²) >= 11 is 6.03. The molecule has 2 aromatic rings. The third-order valence-corrected chi connectivity index (χ3v) is 6.73. The summed E-state index contributed by atoms with van der Waals surface area (Å²) in [6.45, 7) is 6.94. The Labute approximate surface area is 184 Å². The van der Waals surface area contributed by atoms with Crippen molar-refractivity contribution in [3.63, 3.8) is 0 Å². The summed E-state index contributed by atoms with van der Waals surface area (Å²) in [4.78, 5) is 22.0. The first-order chi connectivity index (χ1) is 14.3. The summed E-state index contributed by atoms with van der Waals surface area (Å²) in [5.41, 5.74) is 2.70. The predicted molar refractivity (Wildman–Crippen MR) is 125 cm³/mol. The van der Waals surface area contributed by atoms with Crippen LogP contribution in [-0.4, -0.2) is 30.5 Å². The third kappa shape index (κ3) is 4.00. The van der Waals surface area contributed by atoms with Crippen molar-refractivity contribution in [3.8, 4) is 0 Å². The van der Waals surface area contributed by atoms with E-state index >= 15 is 0 Å². The Morgan fingerprint density at radius 2 is 1.83 bits per heavy atom. The number of hydrogen-bond acceptors (Lipinski definition) is 4. The SMILES string of the molecule is CC(Nc1cc2c(cn1)N(C)C(=O)C(C)(C)CN2C1CCCC1)c1ccc(Cl)cc1. The Morgan fingerprint density at radius 3 is 2.50 bits per heavy atom. The molecule has 1 aliphatic heterocycles. The van der Waals surface area contributed by atoms with Gasteiger partial charge in [0.15, 0.2) is 0 Å². The fourth-order valence-electron chi connectivity index (χ4n) is 4.75. The summed E-state index contributed by atoms with van der Waals surface area (Å²) in [7, 11) is 1.87. The van der Waals surface area contributed by atoms with Crippen LogP contribution in [0.25, 0.3) is 0 Å². The van der Waals surface area contributed by atoms with Crippen LogP contribution in [0, 0.1) is 5.41 Å². The molecule has 2 aliphatic rings. The Morgan fingerprint density at radius 1 is 1.17 bits per heavy atom. The van der Waals surface area contributed by atoms with E-state index in [-0.39, 0.29) is 11.9 Å². The number of nitrogens with zero attached hydrogens (tertiary/aromatic N) is 3. The van der Waals surface area contributed by atoms with Crippen molar-refractivity contribution in [2.24, 2.45) is 5.41 Å². The minimum atomic E-state index is -0.444. The van der Waals surface area contributed by atoms with Gasteiger partial charge >= 0.3 is 0 Å². The quantitative estimate of drug-likeness (QED) is 0.685. The number of pyridine rings is 1. The van der Waals surface area contributed by atoms with Crippen LogP contribution < -0.4 is 15.1 Å². The smallest absolute Gasteiger partial charge is 0.234 e. The summed E-state index contributed by atoms with van der Waals surface area (Å²) in [6.07, 6.45) is 6.71. The van der Waals surface area contributed by atoms with E-state index in [2.05, 4.69) is 42.0 Å². The second-order valence-electron chi connectivity index (χ2n) is 9.29. The van der Waals surface area contributed by atoms with Crippen LogP contribution in [0.4, 0.5) is 17.2 Å². The summed E-state index contributed by atoms with van der Waals surface area (Å²) in [6, 6.07) is 10.6. The topological polar surface area (TPSA) is 48.5 Å². The molecule has 1 aromatic heterocycles. The van der Waals surface area contributed by atoms with E-state index < -0.39 is 5.41 Å². The lowest BCUT2D eigenvalue weighted by molar-refractivity contribution is -0.125. The molecular weight excluding hydrogens is 396 g/mol. The molecule has 0 radical (unpaired) electrons. The van der Waals surface area contributed by atoms with E-state index in [4.69, 9.17) is 11.6 Å². The van der Waals surface area contributed by atoms with Crippen molar-refractivity contribution in [3.05, 3.63) is 47.1 Å². The molecule has 1 aliphatic carbocycles. The maximum absolute atomic E-state index is 13.1. The van der Waals surface area contributed by atoms with E-state index in [1.54, 1.807) is 4.90 Å². The molecule has 1 atom stereocenters. The highest BCUT2D eigenvalue weighted by Crippen LogP contribution is 2.42. The minimum absolute atomic E-state index is 0.0920. The molecule has 1 saturated carbocycles. The van der Waals surface area contributed by atoms with Gasteiger partial charge in [0.1, 0.15) is 5.82 Å². The number of halogens is 1. The predicted octanol–water partition coefficient (Wildman–Crippen LogP) is 5.66. The van der Waals surface area contributed by atoms with E-state index in [0.717, 1.165) is 34.3 Å². The molecule has 4 rings (SSSR count). The van der Waals surface area contributed by atoms with Gasteiger partial charge in [-0.25, -0.2) is 4.98 Å². The average Bonchev–Trinajstić information content (AvgIpc) is 3.24. The van der Waals surface area contributed by atoms with E-state index in [9.17, 15) is 4.79 Å². The average molecular weight is 427 g/mol.